The van der Waals surface area contributed by atoms with Crippen LogP contribution in [-0.4, -0.2) is 0 Å². The van der Waals surface area contributed by atoms with Crippen molar-refractivity contribution < 1.29 is 119 Å². The molecular weight excluding hydrogens is 869 g/mol. The molecule has 0 aromatic carbocycles. The van der Waals surface area contributed by atoms with Crippen molar-refractivity contribution in [2.24, 2.45) is 0 Å². The predicted octanol–water partition coefficient (Wildman–Crippen LogP) is -0.842. The van der Waals surface area contributed by atoms with Crippen LogP contribution in [0.15, 0.2) is 0 Å². The van der Waals surface area contributed by atoms with E-state index in [1.54, 1.807) is 0 Å². The van der Waals surface area contributed by atoms with Crippen LogP contribution in [0.25, 0.3) is 0 Å². The summed E-state index contributed by atoms with van der Waals surface area (Å²) in [4.78, 5) is 0. The summed E-state index contributed by atoms with van der Waals surface area (Å²) in [6.07, 6.45) is 0. The van der Waals surface area contributed by atoms with E-state index < -0.39 is 0 Å². The van der Waals surface area contributed by atoms with Crippen LogP contribution in [0.4, 0.5) is 0 Å². The van der Waals surface area contributed by atoms with Gasteiger partial charge in [0.1, 0.15) is 0 Å². The fourth-order valence-electron chi connectivity index (χ4n) is 0. The van der Waals surface area contributed by atoms with Crippen molar-refractivity contribution in [3.8, 4) is 0 Å². The van der Waals surface area contributed by atoms with Gasteiger partial charge in [0.2, 0.25) is 0 Å². The third-order valence-electron chi connectivity index (χ3n) is 0. The molecule has 0 saturated carbocycles. The standard InChI is InChI=1S/2Ir.7O.2Re/q;;7*-2;2*+7. The van der Waals surface area contributed by atoms with E-state index in [0.29, 0.717) is 0 Å². The van der Waals surface area contributed by atoms with Gasteiger partial charge < -0.3 is 38.3 Å². The van der Waals surface area contributed by atoms with Crippen molar-refractivity contribution in [1.82, 2.24) is 0 Å². The van der Waals surface area contributed by atoms with Gasteiger partial charge in [-0.05, 0) is 0 Å². The van der Waals surface area contributed by atoms with E-state index in [-0.39, 0.29) is 119 Å². The van der Waals surface area contributed by atoms with Gasteiger partial charge in [-0.15, -0.1) is 0 Å². The van der Waals surface area contributed by atoms with Crippen LogP contribution < -0.4 is 0 Å². The molecule has 0 saturated heterocycles. The molecule has 0 aliphatic rings. The summed E-state index contributed by atoms with van der Waals surface area (Å²) < 4.78 is 0. The SMILES string of the molecule is [Ir].[Ir].[O-2].[O-2].[O-2].[O-2].[O-2].[O-2].[O-2].[Re+7].[Re+7]. The third-order valence-corrected chi connectivity index (χ3v) is 0. The Morgan fingerprint density at radius 3 is 0.273 bits per heavy atom. The van der Waals surface area contributed by atoms with Gasteiger partial charge in [0.15, 0.2) is 0 Å². The number of hydrogen-bond donors (Lipinski definition) is 0. The fourth-order valence-corrected chi connectivity index (χ4v) is 0. The average molecular weight is 869 g/mol. The molecule has 0 aromatic heterocycles. The Bertz CT molecular complexity index is 14.4. The van der Waals surface area contributed by atoms with Crippen molar-refractivity contribution in [2.45, 2.75) is 0 Å². The molecule has 7 nitrogen and oxygen atoms in total. The normalized spacial score (nSPS) is 0. The number of hydrogen-bond acceptors (Lipinski definition) is 0. The van der Waals surface area contributed by atoms with Crippen molar-refractivity contribution in [2.75, 3.05) is 0 Å². The van der Waals surface area contributed by atoms with E-state index in [4.69, 9.17) is 0 Å². The molecule has 0 bridgehead atoms. The third kappa shape index (κ3) is 240. The molecule has 11 heteroatoms. The molecule has 0 rings (SSSR count). The summed E-state index contributed by atoms with van der Waals surface area (Å²) in [5, 5.41) is 0. The molecular formula is Ir2O7Re2. The van der Waals surface area contributed by atoms with Gasteiger partial charge in [-0.25, -0.2) is 0 Å². The Balaban J connectivity index is 0. The van der Waals surface area contributed by atoms with Crippen LogP contribution in [0.2, 0.25) is 0 Å². The Labute approximate surface area is 118 Å². The Hall–Kier alpha value is 2.34. The molecule has 0 aromatic rings. The molecule has 0 aliphatic carbocycles. The van der Waals surface area contributed by atoms with Crippen molar-refractivity contribution in [1.29, 1.82) is 0 Å². The zero-order valence-corrected chi connectivity index (χ0v) is 14.5. The summed E-state index contributed by atoms with van der Waals surface area (Å²) in [6, 6.07) is 0. The Kier molecular flexibility index (Phi) is 9730. The van der Waals surface area contributed by atoms with Crippen molar-refractivity contribution >= 4 is 0 Å². The molecule has 0 aliphatic heterocycles. The summed E-state index contributed by atoms with van der Waals surface area (Å²) in [5.74, 6) is 0. The van der Waals surface area contributed by atoms with E-state index in [2.05, 4.69) is 0 Å². The van der Waals surface area contributed by atoms with Gasteiger partial charge in [0.05, 0.1) is 0 Å². The maximum absolute atomic E-state index is 0. The molecule has 0 unspecified atom stereocenters. The Morgan fingerprint density at radius 2 is 0.273 bits per heavy atom. The maximum Gasteiger partial charge on any atom is 7.00 e. The summed E-state index contributed by atoms with van der Waals surface area (Å²) in [5.41, 5.74) is 0. The minimum absolute atomic E-state index is 0. The average Bonchev–Trinajstić information content (AvgIpc) is 0. The van der Waals surface area contributed by atoms with Crippen LogP contribution in [0.1, 0.15) is 0 Å². The van der Waals surface area contributed by atoms with E-state index in [0.717, 1.165) is 0 Å². The van der Waals surface area contributed by atoms with E-state index in [1.165, 1.54) is 0 Å². The molecule has 0 heterocycles. The topological polar surface area (TPSA) is 200 Å². The van der Waals surface area contributed by atoms with Gasteiger partial charge >= 0.3 is 40.8 Å². The van der Waals surface area contributed by atoms with E-state index in [1.807, 2.05) is 0 Å². The summed E-state index contributed by atoms with van der Waals surface area (Å²) >= 11 is 0. The summed E-state index contributed by atoms with van der Waals surface area (Å²) in [7, 11) is 0. The molecule has 11 heavy (non-hydrogen) atoms. The zero-order chi connectivity index (χ0) is 0. The zero-order valence-electron chi connectivity index (χ0n) is 4.28. The second kappa shape index (κ2) is 289. The number of rotatable bonds is 0. The van der Waals surface area contributed by atoms with Gasteiger partial charge in [-0.3, -0.25) is 0 Å². The minimum atomic E-state index is 0. The monoisotopic (exact) mass is 872 g/mol. The first kappa shape index (κ1) is 370. The molecule has 0 atom stereocenters. The van der Waals surface area contributed by atoms with Crippen LogP contribution in [0, 0.1) is 0 Å². The fraction of sp³-hybridized carbons (Fsp3) is 0. The first-order chi connectivity index (χ1) is 0. The molecule has 0 N–H and O–H groups in total. The first-order valence-corrected chi connectivity index (χ1v) is 0. The van der Waals surface area contributed by atoms with Gasteiger partial charge in [-0.1, -0.05) is 0 Å². The van der Waals surface area contributed by atoms with Crippen LogP contribution in [0.5, 0.6) is 0 Å². The van der Waals surface area contributed by atoms with E-state index >= 15 is 0 Å². The van der Waals surface area contributed by atoms with Gasteiger partial charge in [0.25, 0.3) is 0 Å². The predicted molar refractivity (Wildman–Crippen MR) is 4.81 cm³/mol. The maximum atomic E-state index is 0. The molecule has 0 fully saturated rings. The molecule has 0 amide bonds. The van der Waals surface area contributed by atoms with Crippen LogP contribution in [-0.2, 0) is 119 Å². The molecule has 74 valence electrons. The smallest absolute Gasteiger partial charge is 2.00 e. The largest absolute Gasteiger partial charge is 7.00 e. The van der Waals surface area contributed by atoms with Crippen LogP contribution in [0.3, 0.4) is 0 Å². The second-order valence-corrected chi connectivity index (χ2v) is 0. The van der Waals surface area contributed by atoms with Gasteiger partial charge in [-0.2, -0.15) is 0 Å². The van der Waals surface area contributed by atoms with Gasteiger partial charge in [0, 0.05) is 40.2 Å². The van der Waals surface area contributed by atoms with E-state index in [9.17, 15) is 0 Å². The quantitative estimate of drug-likeness (QED) is 0.293. The van der Waals surface area contributed by atoms with Crippen molar-refractivity contribution in [3.63, 3.8) is 0 Å². The molecule has 0 spiro atoms. The second-order valence-electron chi connectivity index (χ2n) is 0. The Morgan fingerprint density at radius 1 is 0.273 bits per heavy atom. The minimum Gasteiger partial charge on any atom is -2.00 e. The first-order valence-electron chi connectivity index (χ1n) is 0. The van der Waals surface area contributed by atoms with Crippen LogP contribution >= 0.6 is 0 Å². The molecule has 2 radical (unpaired) electrons. The summed E-state index contributed by atoms with van der Waals surface area (Å²) in [6.45, 7) is 0. The van der Waals surface area contributed by atoms with Crippen molar-refractivity contribution in [3.05, 3.63) is 0 Å².